The van der Waals surface area contributed by atoms with Crippen molar-refractivity contribution in [2.24, 2.45) is 5.92 Å². The summed E-state index contributed by atoms with van der Waals surface area (Å²) in [6.07, 6.45) is 2.82. The predicted molar refractivity (Wildman–Crippen MR) is 132 cm³/mol. The van der Waals surface area contributed by atoms with E-state index in [0.717, 1.165) is 42.7 Å². The first-order chi connectivity index (χ1) is 16.1. The molecule has 2 aliphatic rings. The van der Waals surface area contributed by atoms with Gasteiger partial charge in [0.05, 0.1) is 17.6 Å². The van der Waals surface area contributed by atoms with Crippen molar-refractivity contribution in [3.63, 3.8) is 0 Å². The first-order valence-electron chi connectivity index (χ1n) is 11.4. The fraction of sp³-hybridized carbons (Fsp3) is 0.296. The molecule has 170 valence electrons. The average Bonchev–Trinajstić information content (AvgIpc) is 3.26. The molecule has 0 aromatic heterocycles. The topological polar surface area (TPSA) is 32.8 Å². The number of piperidine rings is 1. The third-order valence-electron chi connectivity index (χ3n) is 6.52. The molecule has 2 aliphatic heterocycles. The summed E-state index contributed by atoms with van der Waals surface area (Å²) in [4.78, 5) is 22.7. The van der Waals surface area contributed by atoms with E-state index in [1.807, 2.05) is 88.8 Å². The Balaban J connectivity index is 1.62. The van der Waals surface area contributed by atoms with Gasteiger partial charge in [-0.15, -0.1) is 0 Å². The number of halogens is 2. The van der Waals surface area contributed by atoms with Crippen molar-refractivity contribution >= 4 is 34.8 Å². The number of carbonyl (C=O) groups is 1. The van der Waals surface area contributed by atoms with Crippen molar-refractivity contribution in [3.8, 4) is 0 Å². The summed E-state index contributed by atoms with van der Waals surface area (Å²) in [5, 5.41) is 3.22. The van der Waals surface area contributed by atoms with Gasteiger partial charge in [0.1, 0.15) is 6.10 Å². The smallest absolute Gasteiger partial charge is 0.231 e. The largest absolute Gasteiger partial charge is 0.342 e. The first-order valence-corrected chi connectivity index (χ1v) is 12.2. The van der Waals surface area contributed by atoms with Crippen LogP contribution in [0.2, 0.25) is 10.0 Å². The normalized spacial score (nSPS) is 23.0. The number of anilines is 1. The third-order valence-corrected chi connectivity index (χ3v) is 7.02. The lowest BCUT2D eigenvalue weighted by molar-refractivity contribution is -0.138. The van der Waals surface area contributed by atoms with Gasteiger partial charge in [-0.2, -0.15) is 0 Å². The molecule has 33 heavy (non-hydrogen) atoms. The number of benzene rings is 3. The highest BCUT2D eigenvalue weighted by atomic mass is 35.5. The summed E-state index contributed by atoms with van der Waals surface area (Å²) in [6.45, 7) is 1.59. The van der Waals surface area contributed by atoms with Gasteiger partial charge < -0.3 is 4.90 Å². The summed E-state index contributed by atoms with van der Waals surface area (Å²) in [7, 11) is 0. The van der Waals surface area contributed by atoms with Gasteiger partial charge in [0.15, 0.2) is 0 Å². The molecular weight excluding hydrogens is 455 g/mol. The van der Waals surface area contributed by atoms with Crippen molar-refractivity contribution in [2.75, 3.05) is 18.2 Å². The van der Waals surface area contributed by atoms with Gasteiger partial charge in [0, 0.05) is 23.1 Å². The molecule has 0 saturated carbocycles. The van der Waals surface area contributed by atoms with E-state index in [-0.39, 0.29) is 11.9 Å². The lowest BCUT2D eigenvalue weighted by Gasteiger charge is -2.33. The van der Waals surface area contributed by atoms with E-state index in [1.165, 1.54) is 6.42 Å². The minimum atomic E-state index is -0.433. The Bertz CT molecular complexity index is 1080. The lowest BCUT2D eigenvalue weighted by Crippen LogP contribution is -2.42. The number of hydrogen-bond donors (Lipinski definition) is 0. The van der Waals surface area contributed by atoms with Gasteiger partial charge in [0.25, 0.3) is 0 Å². The molecule has 0 aliphatic carbocycles. The molecule has 0 spiro atoms. The number of carbonyl (C=O) groups excluding carboxylic acids is 1. The van der Waals surface area contributed by atoms with Crippen molar-refractivity contribution < 1.29 is 9.63 Å². The Morgan fingerprint density at radius 1 is 0.758 bits per heavy atom. The minimum absolute atomic E-state index is 0.132. The van der Waals surface area contributed by atoms with Gasteiger partial charge in [-0.3, -0.25) is 9.63 Å². The standard InChI is InChI=1S/C27H26Cl2N2O2/c28-21-13-9-19(10-14-21)25-24(27(32)30-17-5-2-6-18-30)26(20-11-15-22(29)16-12-20)33-31(25)23-7-3-1-4-8-23/h1,3-4,7-16,24-26H,2,5-6,17-18H2/t24-,25-,26+/m0/s1. The van der Waals surface area contributed by atoms with Crippen molar-refractivity contribution in [1.82, 2.24) is 4.90 Å². The highest BCUT2D eigenvalue weighted by molar-refractivity contribution is 6.30. The van der Waals surface area contributed by atoms with Gasteiger partial charge in [-0.25, -0.2) is 5.06 Å². The maximum Gasteiger partial charge on any atom is 0.231 e. The van der Waals surface area contributed by atoms with Crippen molar-refractivity contribution in [1.29, 1.82) is 0 Å². The fourth-order valence-corrected chi connectivity index (χ4v) is 5.13. The van der Waals surface area contributed by atoms with Crippen LogP contribution >= 0.6 is 23.2 Å². The molecule has 0 radical (unpaired) electrons. The van der Waals surface area contributed by atoms with Gasteiger partial charge in [-0.05, 0) is 66.8 Å². The second-order valence-corrected chi connectivity index (χ2v) is 9.52. The molecule has 6 heteroatoms. The number of amides is 1. The predicted octanol–water partition coefficient (Wildman–Crippen LogP) is 6.86. The number of nitrogens with zero attached hydrogens (tertiary/aromatic N) is 2. The molecule has 2 fully saturated rings. The number of para-hydroxylation sites is 1. The SMILES string of the molecule is O=C([C@@H]1[C@@H](c2ccc(Cl)cc2)ON(c2ccccc2)[C@H]1c1ccc(Cl)cc1)N1CCCCC1. The highest BCUT2D eigenvalue weighted by Gasteiger charge is 2.50. The Hall–Kier alpha value is -2.53. The summed E-state index contributed by atoms with van der Waals surface area (Å²) < 4.78 is 0. The Kier molecular flexibility index (Phi) is 6.59. The molecule has 0 bridgehead atoms. The van der Waals surface area contributed by atoms with Crippen LogP contribution in [0.3, 0.4) is 0 Å². The number of likely N-dealkylation sites (tertiary alicyclic amines) is 1. The van der Waals surface area contributed by atoms with E-state index in [9.17, 15) is 4.79 Å². The van der Waals surface area contributed by atoms with Crippen LogP contribution in [-0.2, 0) is 9.63 Å². The van der Waals surface area contributed by atoms with Crippen LogP contribution in [0.5, 0.6) is 0 Å². The molecule has 5 rings (SSSR count). The average molecular weight is 481 g/mol. The van der Waals surface area contributed by atoms with Crippen LogP contribution in [0.4, 0.5) is 5.69 Å². The molecule has 0 unspecified atom stereocenters. The van der Waals surface area contributed by atoms with Crippen LogP contribution in [0.25, 0.3) is 0 Å². The summed E-state index contributed by atoms with van der Waals surface area (Å²) in [6, 6.07) is 25.0. The van der Waals surface area contributed by atoms with Crippen LogP contribution in [0.1, 0.15) is 42.5 Å². The maximum absolute atomic E-state index is 14.0. The van der Waals surface area contributed by atoms with Crippen molar-refractivity contribution in [2.45, 2.75) is 31.4 Å². The molecule has 3 aromatic rings. The van der Waals surface area contributed by atoms with Crippen LogP contribution < -0.4 is 5.06 Å². The Labute approximate surface area is 204 Å². The molecule has 1 amide bonds. The highest BCUT2D eigenvalue weighted by Crippen LogP contribution is 2.50. The number of hydroxylamine groups is 1. The Morgan fingerprint density at radius 3 is 1.94 bits per heavy atom. The second kappa shape index (κ2) is 9.76. The van der Waals surface area contributed by atoms with E-state index in [0.29, 0.717) is 10.0 Å². The number of hydrogen-bond acceptors (Lipinski definition) is 3. The zero-order valence-corrected chi connectivity index (χ0v) is 19.8. The monoisotopic (exact) mass is 480 g/mol. The molecule has 2 heterocycles. The molecule has 3 aromatic carbocycles. The summed E-state index contributed by atoms with van der Waals surface area (Å²) in [5.41, 5.74) is 2.84. The molecule has 2 saturated heterocycles. The fourth-order valence-electron chi connectivity index (χ4n) is 4.87. The summed E-state index contributed by atoms with van der Waals surface area (Å²) in [5.74, 6) is -0.279. The zero-order chi connectivity index (χ0) is 22.8. The van der Waals surface area contributed by atoms with Gasteiger partial charge >= 0.3 is 0 Å². The summed E-state index contributed by atoms with van der Waals surface area (Å²) >= 11 is 12.4. The first kappa shape index (κ1) is 22.3. The van der Waals surface area contributed by atoms with Gasteiger partial charge in [-0.1, -0.05) is 65.7 Å². The second-order valence-electron chi connectivity index (χ2n) is 8.65. The van der Waals surface area contributed by atoms with E-state index < -0.39 is 12.0 Å². The number of rotatable bonds is 4. The van der Waals surface area contributed by atoms with E-state index >= 15 is 0 Å². The van der Waals surface area contributed by atoms with Crippen LogP contribution in [0, 0.1) is 5.92 Å². The lowest BCUT2D eigenvalue weighted by atomic mass is 9.84. The van der Waals surface area contributed by atoms with E-state index in [1.54, 1.807) is 0 Å². The van der Waals surface area contributed by atoms with E-state index in [4.69, 9.17) is 28.0 Å². The molecule has 4 nitrogen and oxygen atoms in total. The van der Waals surface area contributed by atoms with Crippen LogP contribution in [-0.4, -0.2) is 23.9 Å². The van der Waals surface area contributed by atoms with Crippen molar-refractivity contribution in [3.05, 3.63) is 100 Å². The minimum Gasteiger partial charge on any atom is -0.342 e. The van der Waals surface area contributed by atoms with E-state index in [2.05, 4.69) is 0 Å². The maximum atomic E-state index is 14.0. The third kappa shape index (κ3) is 4.61. The molecule has 0 N–H and O–H groups in total. The molecular formula is C27H26Cl2N2O2. The van der Waals surface area contributed by atoms with Crippen LogP contribution in [0.15, 0.2) is 78.9 Å². The Morgan fingerprint density at radius 2 is 1.33 bits per heavy atom. The van der Waals surface area contributed by atoms with Gasteiger partial charge in [0.2, 0.25) is 5.91 Å². The zero-order valence-electron chi connectivity index (χ0n) is 18.2. The molecule has 3 atom stereocenters. The quantitative estimate of drug-likeness (QED) is 0.408.